The molecule has 0 aliphatic heterocycles. The number of nitrogens with two attached hydrogens (primary N) is 1. The van der Waals surface area contributed by atoms with Crippen LogP contribution in [0.25, 0.3) is 28.0 Å². The molecular weight excluding hydrogens is 383 g/mol. The SMILES string of the molecule is NC(=O)CCCn1ncc2nc(-c3cnn(-c4cccc(F)c4)c3)cc(C3CC3)c21. The van der Waals surface area contributed by atoms with Gasteiger partial charge in [-0.05, 0) is 55.0 Å². The number of aryl methyl sites for hydroxylation is 1. The van der Waals surface area contributed by atoms with Crippen molar-refractivity contribution in [2.75, 3.05) is 0 Å². The number of aromatic nitrogens is 5. The first-order valence-corrected chi connectivity index (χ1v) is 10.0. The van der Waals surface area contributed by atoms with E-state index < -0.39 is 0 Å². The van der Waals surface area contributed by atoms with Crippen molar-refractivity contribution in [2.24, 2.45) is 5.73 Å². The van der Waals surface area contributed by atoms with E-state index in [0.29, 0.717) is 31.0 Å². The number of fused-ring (bicyclic) bond motifs is 1. The lowest BCUT2D eigenvalue weighted by Crippen LogP contribution is -2.12. The molecule has 7 nitrogen and oxygen atoms in total. The molecule has 3 heterocycles. The number of pyridine rings is 1. The highest BCUT2D eigenvalue weighted by Gasteiger charge is 2.28. The van der Waals surface area contributed by atoms with Crippen LogP contribution in [0.15, 0.2) is 48.9 Å². The van der Waals surface area contributed by atoms with Crippen LogP contribution in [0, 0.1) is 5.82 Å². The summed E-state index contributed by atoms with van der Waals surface area (Å²) in [5.41, 5.74) is 10.7. The van der Waals surface area contributed by atoms with Crippen molar-refractivity contribution in [2.45, 2.75) is 38.1 Å². The molecule has 0 radical (unpaired) electrons. The molecule has 1 fully saturated rings. The molecule has 1 saturated carbocycles. The normalized spacial score (nSPS) is 13.8. The Kier molecular flexibility index (Phi) is 4.54. The molecule has 30 heavy (non-hydrogen) atoms. The summed E-state index contributed by atoms with van der Waals surface area (Å²) >= 11 is 0. The van der Waals surface area contributed by atoms with Crippen molar-refractivity contribution in [3.05, 3.63) is 60.3 Å². The fraction of sp³-hybridized carbons (Fsp3) is 0.273. The molecule has 3 aromatic heterocycles. The van der Waals surface area contributed by atoms with Gasteiger partial charge in [0.05, 0.1) is 29.3 Å². The number of halogens is 1. The van der Waals surface area contributed by atoms with Crippen LogP contribution in [0.2, 0.25) is 0 Å². The fourth-order valence-electron chi connectivity index (χ4n) is 3.77. The number of hydrogen-bond acceptors (Lipinski definition) is 4. The van der Waals surface area contributed by atoms with Gasteiger partial charge in [-0.1, -0.05) is 6.07 Å². The van der Waals surface area contributed by atoms with Crippen molar-refractivity contribution in [1.82, 2.24) is 24.5 Å². The van der Waals surface area contributed by atoms with E-state index >= 15 is 0 Å². The lowest BCUT2D eigenvalue weighted by molar-refractivity contribution is -0.118. The third-order valence-corrected chi connectivity index (χ3v) is 5.39. The van der Waals surface area contributed by atoms with Crippen LogP contribution in [0.3, 0.4) is 0 Å². The molecule has 0 atom stereocenters. The molecule has 4 aromatic rings. The Morgan fingerprint density at radius 2 is 2.07 bits per heavy atom. The minimum Gasteiger partial charge on any atom is -0.370 e. The maximum absolute atomic E-state index is 13.6. The molecule has 1 amide bonds. The highest BCUT2D eigenvalue weighted by atomic mass is 19.1. The molecule has 0 saturated heterocycles. The number of benzene rings is 1. The number of amides is 1. The molecule has 152 valence electrons. The Bertz CT molecular complexity index is 1240. The number of nitrogens with zero attached hydrogens (tertiary/aromatic N) is 5. The zero-order valence-electron chi connectivity index (χ0n) is 16.3. The van der Waals surface area contributed by atoms with Crippen molar-refractivity contribution >= 4 is 16.9 Å². The monoisotopic (exact) mass is 404 g/mol. The highest BCUT2D eigenvalue weighted by Crippen LogP contribution is 2.44. The maximum Gasteiger partial charge on any atom is 0.217 e. The molecule has 2 N–H and O–H groups in total. The van der Waals surface area contributed by atoms with Gasteiger partial charge in [-0.25, -0.2) is 14.1 Å². The van der Waals surface area contributed by atoms with Gasteiger partial charge in [0.15, 0.2) is 0 Å². The van der Waals surface area contributed by atoms with Crippen molar-refractivity contribution in [1.29, 1.82) is 0 Å². The zero-order chi connectivity index (χ0) is 20.7. The lowest BCUT2D eigenvalue weighted by Gasteiger charge is -2.09. The first-order chi connectivity index (χ1) is 14.6. The first-order valence-electron chi connectivity index (χ1n) is 10.0. The first kappa shape index (κ1) is 18.5. The van der Waals surface area contributed by atoms with Gasteiger partial charge in [-0.15, -0.1) is 0 Å². The molecule has 1 aliphatic rings. The van der Waals surface area contributed by atoms with E-state index in [1.54, 1.807) is 23.1 Å². The Hall–Kier alpha value is -3.55. The van der Waals surface area contributed by atoms with Gasteiger partial charge in [0.2, 0.25) is 5.91 Å². The van der Waals surface area contributed by atoms with E-state index in [-0.39, 0.29) is 11.7 Å². The second-order valence-electron chi connectivity index (χ2n) is 7.70. The van der Waals surface area contributed by atoms with Crippen molar-refractivity contribution in [3.63, 3.8) is 0 Å². The standard InChI is InChI=1S/C22H21FN6O/c23-16-3-1-4-17(9-16)29-13-15(11-25-29)19-10-18(14-6-7-14)22-20(27-19)12-26-28(22)8-2-5-21(24)30/h1,3-4,9-14H,2,5-8H2,(H2,24,30). The second kappa shape index (κ2) is 7.37. The van der Waals surface area contributed by atoms with Gasteiger partial charge in [0, 0.05) is 24.7 Å². The summed E-state index contributed by atoms with van der Waals surface area (Å²) in [5, 5.41) is 8.88. The van der Waals surface area contributed by atoms with E-state index in [4.69, 9.17) is 10.7 Å². The van der Waals surface area contributed by atoms with Crippen LogP contribution < -0.4 is 5.73 Å². The van der Waals surface area contributed by atoms with Gasteiger partial charge in [0.1, 0.15) is 11.3 Å². The number of carbonyl (C=O) groups excluding carboxylic acids is 1. The molecule has 0 spiro atoms. The van der Waals surface area contributed by atoms with E-state index in [9.17, 15) is 9.18 Å². The van der Waals surface area contributed by atoms with Crippen LogP contribution in [-0.4, -0.2) is 30.5 Å². The predicted molar refractivity (Wildman–Crippen MR) is 110 cm³/mol. The zero-order valence-corrected chi connectivity index (χ0v) is 16.3. The van der Waals surface area contributed by atoms with E-state index in [2.05, 4.69) is 16.3 Å². The Labute approximate surface area is 172 Å². The third kappa shape index (κ3) is 3.56. The van der Waals surface area contributed by atoms with Crippen LogP contribution in [-0.2, 0) is 11.3 Å². The number of carbonyl (C=O) groups is 1. The molecule has 5 rings (SSSR count). The van der Waals surface area contributed by atoms with Gasteiger partial charge in [-0.2, -0.15) is 10.2 Å². The lowest BCUT2D eigenvalue weighted by atomic mass is 10.1. The smallest absolute Gasteiger partial charge is 0.217 e. The van der Waals surface area contributed by atoms with E-state index in [1.807, 2.05) is 16.9 Å². The summed E-state index contributed by atoms with van der Waals surface area (Å²) in [4.78, 5) is 15.9. The highest BCUT2D eigenvalue weighted by molar-refractivity contribution is 5.83. The van der Waals surface area contributed by atoms with Crippen molar-refractivity contribution < 1.29 is 9.18 Å². The van der Waals surface area contributed by atoms with Gasteiger partial charge in [-0.3, -0.25) is 9.48 Å². The van der Waals surface area contributed by atoms with Crippen LogP contribution in [0.4, 0.5) is 4.39 Å². The summed E-state index contributed by atoms with van der Waals surface area (Å²) < 4.78 is 17.1. The van der Waals surface area contributed by atoms with Crippen LogP contribution in [0.1, 0.15) is 37.2 Å². The molecule has 1 aliphatic carbocycles. The quantitative estimate of drug-likeness (QED) is 0.510. The van der Waals surface area contributed by atoms with Crippen LogP contribution in [0.5, 0.6) is 0 Å². The summed E-state index contributed by atoms with van der Waals surface area (Å²) in [5.74, 6) is -0.104. The summed E-state index contributed by atoms with van der Waals surface area (Å²) in [7, 11) is 0. The average molecular weight is 404 g/mol. The minimum absolute atomic E-state index is 0.301. The largest absolute Gasteiger partial charge is 0.370 e. The maximum atomic E-state index is 13.6. The van der Waals surface area contributed by atoms with Gasteiger partial charge in [0.25, 0.3) is 0 Å². The Balaban J connectivity index is 1.51. The average Bonchev–Trinajstić information content (AvgIpc) is 3.30. The Morgan fingerprint density at radius 3 is 2.83 bits per heavy atom. The summed E-state index contributed by atoms with van der Waals surface area (Å²) in [6.07, 6.45) is 8.65. The van der Waals surface area contributed by atoms with Gasteiger partial charge >= 0.3 is 0 Å². The van der Waals surface area contributed by atoms with Gasteiger partial charge < -0.3 is 5.73 Å². The van der Waals surface area contributed by atoms with E-state index in [1.165, 1.54) is 17.7 Å². The molecule has 1 aromatic carbocycles. The minimum atomic E-state index is -0.302. The molecule has 8 heteroatoms. The second-order valence-corrected chi connectivity index (χ2v) is 7.70. The summed E-state index contributed by atoms with van der Waals surface area (Å²) in [6, 6.07) is 8.43. The summed E-state index contributed by atoms with van der Waals surface area (Å²) in [6.45, 7) is 0.630. The molecular formula is C22H21FN6O. The van der Waals surface area contributed by atoms with Crippen LogP contribution >= 0.6 is 0 Å². The molecule has 0 bridgehead atoms. The predicted octanol–water partition coefficient (Wildman–Crippen LogP) is 3.57. The van der Waals surface area contributed by atoms with E-state index in [0.717, 1.165) is 35.1 Å². The topological polar surface area (TPSA) is 91.6 Å². The van der Waals surface area contributed by atoms with Crippen molar-refractivity contribution in [3.8, 4) is 16.9 Å². The Morgan fingerprint density at radius 1 is 1.20 bits per heavy atom. The number of rotatable bonds is 7. The number of primary amides is 1. The molecule has 0 unspecified atom stereocenters. The fourth-order valence-corrected chi connectivity index (χ4v) is 3.77. The third-order valence-electron chi connectivity index (χ3n) is 5.39. The number of hydrogen-bond donors (Lipinski definition) is 1.